The van der Waals surface area contributed by atoms with E-state index in [0.717, 1.165) is 6.42 Å². The summed E-state index contributed by atoms with van der Waals surface area (Å²) in [5.41, 5.74) is 1.45. The molecule has 2 atom stereocenters. The van der Waals surface area contributed by atoms with Crippen LogP contribution in [0.3, 0.4) is 0 Å². The lowest BCUT2D eigenvalue weighted by Crippen LogP contribution is -2.36. The number of likely N-dealkylation sites (N-methyl/N-ethyl adjacent to an activating group) is 1. The summed E-state index contributed by atoms with van der Waals surface area (Å²) in [5.74, 6) is 0. The number of rotatable bonds is 4. The minimum absolute atomic E-state index is 0.653. The second kappa shape index (κ2) is 5.46. The molecule has 0 saturated carbocycles. The van der Waals surface area contributed by atoms with Crippen LogP contribution in [-0.4, -0.2) is 37.1 Å². The maximum atomic E-state index is 3.37. The maximum absolute atomic E-state index is 3.37. The van der Waals surface area contributed by atoms with Crippen LogP contribution in [0.5, 0.6) is 0 Å². The Morgan fingerprint density at radius 2 is 2.12 bits per heavy atom. The number of benzene rings is 1. The summed E-state index contributed by atoms with van der Waals surface area (Å²) in [6.07, 6.45) is 2.45. The first kappa shape index (κ1) is 11.6. The maximum Gasteiger partial charge on any atom is 0.0204 e. The van der Waals surface area contributed by atoms with E-state index < -0.39 is 0 Å². The molecule has 2 rings (SSSR count). The Morgan fingerprint density at radius 1 is 1.38 bits per heavy atom. The van der Waals surface area contributed by atoms with E-state index in [0.29, 0.717) is 12.1 Å². The zero-order valence-electron chi connectivity index (χ0n) is 10.3. The Bertz CT molecular complexity index is 310. The average Bonchev–Trinajstić information content (AvgIpc) is 2.79. The van der Waals surface area contributed by atoms with Crippen LogP contribution in [0, 0.1) is 0 Å². The Balaban J connectivity index is 1.87. The summed E-state index contributed by atoms with van der Waals surface area (Å²) in [7, 11) is 2.07. The lowest BCUT2D eigenvalue weighted by molar-refractivity contribution is 0.252. The zero-order chi connectivity index (χ0) is 11.4. The van der Waals surface area contributed by atoms with Gasteiger partial charge in [0, 0.05) is 25.2 Å². The number of nitrogens with zero attached hydrogens (tertiary/aromatic N) is 1. The minimum atomic E-state index is 0.653. The average molecular weight is 218 g/mol. The lowest BCUT2D eigenvalue weighted by atomic mass is 10.1. The third-order valence-electron chi connectivity index (χ3n) is 3.63. The first-order valence-corrected chi connectivity index (χ1v) is 6.25. The summed E-state index contributed by atoms with van der Waals surface area (Å²) >= 11 is 0. The van der Waals surface area contributed by atoms with Crippen LogP contribution >= 0.6 is 0 Å². The van der Waals surface area contributed by atoms with Crippen molar-refractivity contribution in [2.24, 2.45) is 0 Å². The Labute approximate surface area is 98.7 Å². The van der Waals surface area contributed by atoms with Gasteiger partial charge in [-0.15, -0.1) is 0 Å². The largest absolute Gasteiger partial charge is 0.316 e. The van der Waals surface area contributed by atoms with Crippen molar-refractivity contribution in [2.45, 2.75) is 31.8 Å². The highest BCUT2D eigenvalue weighted by molar-refractivity contribution is 5.15. The molecule has 2 unspecified atom stereocenters. The summed E-state index contributed by atoms with van der Waals surface area (Å²) in [6, 6.07) is 12.1. The van der Waals surface area contributed by atoms with Gasteiger partial charge in [-0.2, -0.15) is 0 Å². The van der Waals surface area contributed by atoms with Crippen LogP contribution in [-0.2, 0) is 6.42 Å². The van der Waals surface area contributed by atoms with Gasteiger partial charge < -0.3 is 5.32 Å². The van der Waals surface area contributed by atoms with Crippen molar-refractivity contribution in [1.82, 2.24) is 10.2 Å². The molecule has 0 spiro atoms. The molecule has 1 N–H and O–H groups in total. The number of likely N-dealkylation sites (tertiary alicyclic amines) is 1. The molecule has 1 fully saturated rings. The molecule has 2 heteroatoms. The van der Waals surface area contributed by atoms with E-state index in [-0.39, 0.29) is 0 Å². The molecule has 0 radical (unpaired) electrons. The van der Waals surface area contributed by atoms with Crippen LogP contribution in [0.15, 0.2) is 30.3 Å². The second-order valence-electron chi connectivity index (χ2n) is 4.81. The van der Waals surface area contributed by atoms with E-state index >= 15 is 0 Å². The molecule has 0 aliphatic carbocycles. The minimum Gasteiger partial charge on any atom is -0.316 e. The van der Waals surface area contributed by atoms with Crippen LogP contribution in [0.2, 0.25) is 0 Å². The molecule has 1 aliphatic heterocycles. The molecule has 88 valence electrons. The van der Waals surface area contributed by atoms with Gasteiger partial charge in [0.25, 0.3) is 0 Å². The van der Waals surface area contributed by atoms with Crippen molar-refractivity contribution >= 4 is 0 Å². The molecule has 16 heavy (non-hydrogen) atoms. The SMILES string of the molecule is CNC1CCN(C(C)Cc2ccccc2)C1. The van der Waals surface area contributed by atoms with Crippen LogP contribution in [0.4, 0.5) is 0 Å². The van der Waals surface area contributed by atoms with Gasteiger partial charge in [0.1, 0.15) is 0 Å². The van der Waals surface area contributed by atoms with Gasteiger partial charge in [0.2, 0.25) is 0 Å². The van der Waals surface area contributed by atoms with Crippen LogP contribution in [0.1, 0.15) is 18.9 Å². The van der Waals surface area contributed by atoms with Crippen molar-refractivity contribution < 1.29 is 0 Å². The fourth-order valence-electron chi connectivity index (χ4n) is 2.51. The zero-order valence-corrected chi connectivity index (χ0v) is 10.3. The van der Waals surface area contributed by atoms with Crippen LogP contribution in [0.25, 0.3) is 0 Å². The van der Waals surface area contributed by atoms with Gasteiger partial charge in [0.05, 0.1) is 0 Å². The van der Waals surface area contributed by atoms with Gasteiger partial charge in [0.15, 0.2) is 0 Å². The molecule has 1 heterocycles. The highest BCUT2D eigenvalue weighted by atomic mass is 15.2. The molecular formula is C14H22N2. The highest BCUT2D eigenvalue weighted by Gasteiger charge is 2.24. The molecule has 0 bridgehead atoms. The molecule has 1 aliphatic rings. The Hall–Kier alpha value is -0.860. The first-order valence-electron chi connectivity index (χ1n) is 6.25. The van der Waals surface area contributed by atoms with E-state index in [9.17, 15) is 0 Å². The van der Waals surface area contributed by atoms with E-state index in [1.54, 1.807) is 0 Å². The number of hydrogen-bond donors (Lipinski definition) is 1. The van der Waals surface area contributed by atoms with Crippen LogP contribution < -0.4 is 5.32 Å². The van der Waals surface area contributed by atoms with Gasteiger partial charge in [-0.3, -0.25) is 4.90 Å². The van der Waals surface area contributed by atoms with Crippen molar-refractivity contribution in [3.05, 3.63) is 35.9 Å². The fraction of sp³-hybridized carbons (Fsp3) is 0.571. The molecule has 1 saturated heterocycles. The predicted molar refractivity (Wildman–Crippen MR) is 68.6 cm³/mol. The lowest BCUT2D eigenvalue weighted by Gasteiger charge is -2.24. The molecule has 1 aromatic rings. The third-order valence-corrected chi connectivity index (χ3v) is 3.63. The molecule has 0 aromatic heterocycles. The summed E-state index contributed by atoms with van der Waals surface area (Å²) < 4.78 is 0. The summed E-state index contributed by atoms with van der Waals surface area (Å²) in [5, 5.41) is 3.37. The van der Waals surface area contributed by atoms with E-state index in [1.165, 1.54) is 25.1 Å². The number of nitrogens with one attached hydrogen (secondary N) is 1. The van der Waals surface area contributed by atoms with Crippen molar-refractivity contribution in [3.8, 4) is 0 Å². The Kier molecular flexibility index (Phi) is 3.97. The molecule has 1 aromatic carbocycles. The normalized spacial score (nSPS) is 23.5. The monoisotopic (exact) mass is 218 g/mol. The standard InChI is InChI=1S/C14H22N2/c1-12(10-13-6-4-3-5-7-13)16-9-8-14(11-16)15-2/h3-7,12,14-15H,8-11H2,1-2H3. The fourth-order valence-corrected chi connectivity index (χ4v) is 2.51. The quantitative estimate of drug-likeness (QED) is 0.830. The Morgan fingerprint density at radius 3 is 2.75 bits per heavy atom. The highest BCUT2D eigenvalue weighted by Crippen LogP contribution is 2.15. The smallest absolute Gasteiger partial charge is 0.0204 e. The number of hydrogen-bond acceptors (Lipinski definition) is 2. The third kappa shape index (κ3) is 2.83. The van der Waals surface area contributed by atoms with Gasteiger partial charge in [-0.25, -0.2) is 0 Å². The molecule has 2 nitrogen and oxygen atoms in total. The van der Waals surface area contributed by atoms with Gasteiger partial charge in [-0.05, 0) is 32.4 Å². The van der Waals surface area contributed by atoms with E-state index in [2.05, 4.69) is 54.5 Å². The molecular weight excluding hydrogens is 196 g/mol. The van der Waals surface area contributed by atoms with Crippen molar-refractivity contribution in [2.75, 3.05) is 20.1 Å². The van der Waals surface area contributed by atoms with E-state index in [1.807, 2.05) is 0 Å². The molecule has 0 amide bonds. The van der Waals surface area contributed by atoms with Gasteiger partial charge in [-0.1, -0.05) is 30.3 Å². The van der Waals surface area contributed by atoms with Crippen molar-refractivity contribution in [1.29, 1.82) is 0 Å². The van der Waals surface area contributed by atoms with Crippen molar-refractivity contribution in [3.63, 3.8) is 0 Å². The van der Waals surface area contributed by atoms with E-state index in [4.69, 9.17) is 0 Å². The van der Waals surface area contributed by atoms with Gasteiger partial charge >= 0.3 is 0 Å². The topological polar surface area (TPSA) is 15.3 Å². The summed E-state index contributed by atoms with van der Waals surface area (Å²) in [6.45, 7) is 4.77. The second-order valence-corrected chi connectivity index (χ2v) is 4.81. The predicted octanol–water partition coefficient (Wildman–Crippen LogP) is 1.91. The first-order chi connectivity index (χ1) is 7.79. The summed E-state index contributed by atoms with van der Waals surface area (Å²) in [4.78, 5) is 2.59.